The van der Waals surface area contributed by atoms with Crippen molar-refractivity contribution < 1.29 is 4.79 Å². The molecule has 1 aliphatic rings. The first kappa shape index (κ1) is 15.9. The molecule has 0 radical (unpaired) electrons. The van der Waals surface area contributed by atoms with E-state index in [0.29, 0.717) is 28.7 Å². The number of hydrogen-bond donors (Lipinski definition) is 1. The number of benzene rings is 1. The predicted molar refractivity (Wildman–Crippen MR) is 95.5 cm³/mol. The van der Waals surface area contributed by atoms with Crippen LogP contribution in [-0.4, -0.2) is 43.9 Å². The van der Waals surface area contributed by atoms with Gasteiger partial charge in [-0.25, -0.2) is 0 Å². The number of carbonyl (C=O) groups excluding carboxylic acids is 1. The smallest absolute Gasteiger partial charge is 0.257 e. The third-order valence-electron chi connectivity index (χ3n) is 4.68. The Bertz CT molecular complexity index is 916. The fourth-order valence-corrected chi connectivity index (χ4v) is 3.59. The molecular weight excluding hydrogens is 338 g/mol. The number of nitrogens with zero attached hydrogens (tertiary/aromatic N) is 4. The number of hydrogen-bond acceptors (Lipinski definition) is 3. The maximum Gasteiger partial charge on any atom is 0.257 e. The second kappa shape index (κ2) is 6.37. The summed E-state index contributed by atoms with van der Waals surface area (Å²) in [5.41, 5.74) is 3.18. The molecule has 1 saturated heterocycles. The average molecular weight is 356 g/mol. The Hall–Kier alpha value is -2.60. The first-order chi connectivity index (χ1) is 12.1. The lowest BCUT2D eigenvalue weighted by Gasteiger charge is -2.16. The number of aromatic amines is 1. The molecule has 0 bridgehead atoms. The van der Waals surface area contributed by atoms with E-state index in [0.717, 1.165) is 18.5 Å². The van der Waals surface area contributed by atoms with E-state index in [4.69, 9.17) is 11.6 Å². The van der Waals surface area contributed by atoms with Gasteiger partial charge < -0.3 is 4.90 Å². The van der Waals surface area contributed by atoms with Gasteiger partial charge >= 0.3 is 0 Å². The summed E-state index contributed by atoms with van der Waals surface area (Å²) >= 11 is 6.28. The Labute approximate surface area is 150 Å². The molecule has 128 valence electrons. The van der Waals surface area contributed by atoms with Gasteiger partial charge in [0.25, 0.3) is 5.91 Å². The molecule has 0 unspecified atom stereocenters. The van der Waals surface area contributed by atoms with Crippen LogP contribution in [-0.2, 0) is 7.05 Å². The van der Waals surface area contributed by atoms with E-state index >= 15 is 0 Å². The van der Waals surface area contributed by atoms with Crippen LogP contribution in [0.3, 0.4) is 0 Å². The van der Waals surface area contributed by atoms with E-state index in [9.17, 15) is 4.79 Å². The molecule has 2 aromatic heterocycles. The number of halogens is 1. The van der Waals surface area contributed by atoms with Crippen molar-refractivity contribution in [2.75, 3.05) is 13.1 Å². The lowest BCUT2D eigenvalue weighted by Crippen LogP contribution is -2.28. The van der Waals surface area contributed by atoms with Crippen molar-refractivity contribution in [2.24, 2.45) is 7.05 Å². The number of H-pyrrole nitrogens is 1. The van der Waals surface area contributed by atoms with E-state index in [1.165, 1.54) is 5.56 Å². The number of nitrogens with one attached hydrogen (secondary N) is 1. The van der Waals surface area contributed by atoms with Crippen molar-refractivity contribution in [1.29, 1.82) is 0 Å². The molecule has 4 rings (SSSR count). The molecule has 0 saturated carbocycles. The van der Waals surface area contributed by atoms with Gasteiger partial charge in [0.15, 0.2) is 0 Å². The minimum absolute atomic E-state index is 0.0185. The summed E-state index contributed by atoms with van der Waals surface area (Å²) in [4.78, 5) is 14.9. The maximum atomic E-state index is 13.0. The summed E-state index contributed by atoms with van der Waals surface area (Å²) in [6.07, 6.45) is 6.42. The average Bonchev–Trinajstić information content (AvgIpc) is 3.34. The maximum absolute atomic E-state index is 13.0. The van der Waals surface area contributed by atoms with Gasteiger partial charge in [-0.05, 0) is 18.1 Å². The van der Waals surface area contributed by atoms with Gasteiger partial charge in [0.05, 0.1) is 23.7 Å². The molecule has 1 N–H and O–H groups in total. The second-order valence-corrected chi connectivity index (χ2v) is 6.73. The van der Waals surface area contributed by atoms with Crippen molar-refractivity contribution in [2.45, 2.75) is 12.3 Å². The molecular formula is C18H18ClN5O. The van der Waals surface area contributed by atoms with Crippen molar-refractivity contribution in [3.05, 3.63) is 59.0 Å². The molecule has 7 heteroatoms. The van der Waals surface area contributed by atoms with Crippen LogP contribution in [0.2, 0.25) is 5.02 Å². The van der Waals surface area contributed by atoms with Crippen molar-refractivity contribution in [1.82, 2.24) is 24.9 Å². The van der Waals surface area contributed by atoms with Gasteiger partial charge in [0.1, 0.15) is 0 Å². The zero-order valence-electron chi connectivity index (χ0n) is 13.8. The van der Waals surface area contributed by atoms with E-state index in [2.05, 4.69) is 15.3 Å². The minimum Gasteiger partial charge on any atom is -0.338 e. The molecule has 3 aromatic rings. The highest BCUT2D eigenvalue weighted by atomic mass is 35.5. The lowest BCUT2D eigenvalue weighted by atomic mass is 10.0. The standard InChI is InChI=1S/C18H18ClN5O/c1-23-10-13(8-21-23)12-6-7-24(11-12)18(25)15-9-20-22-17(15)14-4-2-3-5-16(14)19/h2-5,8-10,12H,6-7,11H2,1H3,(H,20,22)/t12-/m1/s1. The van der Waals surface area contributed by atoms with Crippen LogP contribution in [0.5, 0.6) is 0 Å². The molecule has 0 aliphatic carbocycles. The van der Waals surface area contributed by atoms with Gasteiger partial charge in [-0.2, -0.15) is 10.2 Å². The molecule has 25 heavy (non-hydrogen) atoms. The SMILES string of the molecule is Cn1cc([C@@H]2CCN(C(=O)c3cn[nH]c3-c3ccccc3Cl)C2)cn1. The second-order valence-electron chi connectivity index (χ2n) is 6.32. The molecule has 1 aliphatic heterocycles. The van der Waals surface area contributed by atoms with E-state index < -0.39 is 0 Å². The largest absolute Gasteiger partial charge is 0.338 e. The highest BCUT2D eigenvalue weighted by Crippen LogP contribution is 2.32. The number of rotatable bonds is 3. The molecule has 1 atom stereocenters. The number of amides is 1. The Kier molecular flexibility index (Phi) is 4.05. The van der Waals surface area contributed by atoms with Crippen LogP contribution in [0.1, 0.15) is 28.3 Å². The van der Waals surface area contributed by atoms with Crippen LogP contribution >= 0.6 is 11.6 Å². The third kappa shape index (κ3) is 2.93. The molecule has 3 heterocycles. The first-order valence-corrected chi connectivity index (χ1v) is 8.57. The lowest BCUT2D eigenvalue weighted by molar-refractivity contribution is 0.0791. The van der Waals surface area contributed by atoms with Crippen molar-refractivity contribution in [3.8, 4) is 11.3 Å². The Balaban J connectivity index is 1.57. The molecule has 6 nitrogen and oxygen atoms in total. The number of likely N-dealkylation sites (tertiary alicyclic amines) is 1. The fourth-order valence-electron chi connectivity index (χ4n) is 3.36. The number of carbonyl (C=O) groups is 1. The normalized spacial score (nSPS) is 17.2. The fraction of sp³-hybridized carbons (Fsp3) is 0.278. The summed E-state index contributed by atoms with van der Waals surface area (Å²) in [7, 11) is 1.91. The minimum atomic E-state index is -0.0185. The first-order valence-electron chi connectivity index (χ1n) is 8.19. The zero-order valence-corrected chi connectivity index (χ0v) is 14.6. The monoisotopic (exact) mass is 355 g/mol. The van der Waals surface area contributed by atoms with Gasteiger partial charge in [-0.15, -0.1) is 0 Å². The number of aromatic nitrogens is 4. The van der Waals surface area contributed by atoms with E-state index in [-0.39, 0.29) is 5.91 Å². The van der Waals surface area contributed by atoms with Crippen molar-refractivity contribution >= 4 is 17.5 Å². The highest BCUT2D eigenvalue weighted by molar-refractivity contribution is 6.33. The predicted octanol–water partition coefficient (Wildman–Crippen LogP) is 3.09. The van der Waals surface area contributed by atoms with E-state index in [1.807, 2.05) is 42.5 Å². The van der Waals surface area contributed by atoms with Gasteiger partial charge in [-0.1, -0.05) is 29.8 Å². The van der Waals surface area contributed by atoms with Crippen LogP contribution < -0.4 is 0 Å². The van der Waals surface area contributed by atoms with Crippen LogP contribution in [0.15, 0.2) is 42.9 Å². The summed E-state index contributed by atoms with van der Waals surface area (Å²) < 4.78 is 1.80. The topological polar surface area (TPSA) is 66.8 Å². The summed E-state index contributed by atoms with van der Waals surface area (Å²) in [6.45, 7) is 1.42. The van der Waals surface area contributed by atoms with Crippen LogP contribution in [0.4, 0.5) is 0 Å². The Morgan fingerprint density at radius 2 is 2.16 bits per heavy atom. The quantitative estimate of drug-likeness (QED) is 0.785. The number of aryl methyl sites for hydroxylation is 1. The molecule has 1 amide bonds. The summed E-state index contributed by atoms with van der Waals surface area (Å²) in [5, 5.41) is 11.8. The van der Waals surface area contributed by atoms with E-state index in [1.54, 1.807) is 16.9 Å². The van der Waals surface area contributed by atoms with Crippen LogP contribution in [0.25, 0.3) is 11.3 Å². The molecule has 1 fully saturated rings. The molecule has 0 spiro atoms. The Morgan fingerprint density at radius 1 is 1.32 bits per heavy atom. The Morgan fingerprint density at radius 3 is 2.92 bits per heavy atom. The van der Waals surface area contributed by atoms with Crippen molar-refractivity contribution in [3.63, 3.8) is 0 Å². The van der Waals surface area contributed by atoms with Gasteiger partial charge in [0, 0.05) is 42.8 Å². The highest BCUT2D eigenvalue weighted by Gasteiger charge is 2.30. The van der Waals surface area contributed by atoms with Gasteiger partial charge in [0.2, 0.25) is 0 Å². The third-order valence-corrected chi connectivity index (χ3v) is 5.01. The molecule has 1 aromatic carbocycles. The summed E-state index contributed by atoms with van der Waals surface area (Å²) in [5.74, 6) is 0.309. The van der Waals surface area contributed by atoms with Crippen LogP contribution in [0, 0.1) is 0 Å². The van der Waals surface area contributed by atoms with Gasteiger partial charge in [-0.3, -0.25) is 14.6 Å². The zero-order chi connectivity index (χ0) is 17.4. The summed E-state index contributed by atoms with van der Waals surface area (Å²) in [6, 6.07) is 7.45.